The largest absolute Gasteiger partial charge is 0.374 e. The minimum absolute atomic E-state index is 1.07. The normalized spacial score (nSPS) is 21.7. The first kappa shape index (κ1) is 12.5. The van der Waals surface area contributed by atoms with Crippen molar-refractivity contribution in [3.63, 3.8) is 0 Å². The Morgan fingerprint density at radius 3 is 2.68 bits per heavy atom. The van der Waals surface area contributed by atoms with Crippen LogP contribution in [0.5, 0.6) is 0 Å². The number of aliphatic imine (C=N–C) groups is 1. The number of piperidine rings is 1. The molecule has 2 heterocycles. The lowest BCUT2D eigenvalue weighted by molar-refractivity contribution is 0.669. The molecule has 0 atom stereocenters. The van der Waals surface area contributed by atoms with Crippen LogP contribution in [0.2, 0.25) is 0 Å². The van der Waals surface area contributed by atoms with Crippen LogP contribution in [0.1, 0.15) is 37.7 Å². The molecule has 2 fully saturated rings. The minimum Gasteiger partial charge on any atom is -0.374 e. The van der Waals surface area contributed by atoms with Crippen molar-refractivity contribution in [3.8, 4) is 0 Å². The van der Waals surface area contributed by atoms with Gasteiger partial charge in [0, 0.05) is 26.1 Å². The van der Waals surface area contributed by atoms with E-state index in [1.807, 2.05) is 0 Å². The van der Waals surface area contributed by atoms with E-state index in [2.05, 4.69) is 35.3 Å². The minimum atomic E-state index is 1.07. The smallest absolute Gasteiger partial charge is 0.102 e. The zero-order valence-electron chi connectivity index (χ0n) is 11.8. The third kappa shape index (κ3) is 2.75. The first-order valence-corrected chi connectivity index (χ1v) is 7.50. The molecule has 1 aromatic rings. The molecule has 102 valence electrons. The van der Waals surface area contributed by atoms with Crippen LogP contribution in [0.4, 0.5) is 11.4 Å². The fourth-order valence-electron chi connectivity index (χ4n) is 2.97. The highest BCUT2D eigenvalue weighted by molar-refractivity contribution is 5.88. The van der Waals surface area contributed by atoms with Crippen molar-refractivity contribution in [2.24, 2.45) is 4.99 Å². The third-order valence-electron chi connectivity index (χ3n) is 4.08. The van der Waals surface area contributed by atoms with Gasteiger partial charge in [-0.15, -0.1) is 0 Å². The van der Waals surface area contributed by atoms with Gasteiger partial charge in [-0.25, -0.2) is 4.99 Å². The summed E-state index contributed by atoms with van der Waals surface area (Å²) in [5, 5.41) is 3.44. The number of rotatable bonds is 2. The van der Waals surface area contributed by atoms with Gasteiger partial charge in [-0.2, -0.15) is 0 Å². The maximum Gasteiger partial charge on any atom is 0.102 e. The van der Waals surface area contributed by atoms with Gasteiger partial charge in [-0.1, -0.05) is 12.1 Å². The van der Waals surface area contributed by atoms with Gasteiger partial charge in [-0.3, -0.25) is 0 Å². The van der Waals surface area contributed by atoms with E-state index in [0.717, 1.165) is 13.0 Å². The number of nitrogens with zero attached hydrogens (tertiary/aromatic N) is 2. The van der Waals surface area contributed by atoms with E-state index in [4.69, 9.17) is 4.99 Å². The lowest BCUT2D eigenvalue weighted by Crippen LogP contribution is -2.28. The van der Waals surface area contributed by atoms with E-state index in [9.17, 15) is 0 Å². The van der Waals surface area contributed by atoms with E-state index in [0.29, 0.717) is 0 Å². The average Bonchev–Trinajstić information content (AvgIpc) is 2.96. The van der Waals surface area contributed by atoms with Crippen molar-refractivity contribution in [2.75, 3.05) is 24.5 Å². The topological polar surface area (TPSA) is 27.6 Å². The summed E-state index contributed by atoms with van der Waals surface area (Å²) >= 11 is 0. The Balaban J connectivity index is 1.93. The molecule has 2 aliphatic heterocycles. The molecule has 2 aliphatic rings. The molecule has 19 heavy (non-hydrogen) atoms. The number of aryl methyl sites for hydroxylation is 1. The van der Waals surface area contributed by atoms with Gasteiger partial charge in [0.1, 0.15) is 5.84 Å². The van der Waals surface area contributed by atoms with Gasteiger partial charge in [0.25, 0.3) is 0 Å². The molecule has 3 nitrogen and oxygen atoms in total. The molecular weight excluding hydrogens is 234 g/mol. The highest BCUT2D eigenvalue weighted by atomic mass is 15.2. The second-order valence-corrected chi connectivity index (χ2v) is 5.58. The van der Waals surface area contributed by atoms with Gasteiger partial charge in [0.15, 0.2) is 0 Å². The molecule has 0 radical (unpaired) electrons. The molecule has 0 unspecified atom stereocenters. The second kappa shape index (κ2) is 5.64. The van der Waals surface area contributed by atoms with Crippen LogP contribution in [-0.2, 0) is 0 Å². The van der Waals surface area contributed by atoms with Gasteiger partial charge >= 0.3 is 0 Å². The van der Waals surface area contributed by atoms with Crippen LogP contribution in [-0.4, -0.2) is 25.5 Å². The number of hydrogen-bond donors (Lipinski definition) is 1. The highest BCUT2D eigenvalue weighted by Crippen LogP contribution is 2.34. The fourth-order valence-corrected chi connectivity index (χ4v) is 2.97. The summed E-state index contributed by atoms with van der Waals surface area (Å²) in [6.07, 6.45) is 6.24. The summed E-state index contributed by atoms with van der Waals surface area (Å²) in [4.78, 5) is 7.41. The van der Waals surface area contributed by atoms with Crippen molar-refractivity contribution in [1.82, 2.24) is 5.32 Å². The Bertz CT molecular complexity index is 465. The van der Waals surface area contributed by atoms with Gasteiger partial charge in [-0.05, 0) is 44.2 Å². The molecule has 2 saturated heterocycles. The number of para-hydroxylation sites is 1. The van der Waals surface area contributed by atoms with E-state index < -0.39 is 0 Å². The Hall–Kier alpha value is -1.51. The Kier molecular flexibility index (Phi) is 3.72. The predicted octanol–water partition coefficient (Wildman–Crippen LogP) is 3.40. The van der Waals surface area contributed by atoms with Crippen molar-refractivity contribution in [1.29, 1.82) is 0 Å². The lowest BCUT2D eigenvalue weighted by Gasteiger charge is -2.22. The summed E-state index contributed by atoms with van der Waals surface area (Å²) < 4.78 is 0. The van der Waals surface area contributed by atoms with E-state index in [1.165, 1.54) is 61.5 Å². The zero-order valence-corrected chi connectivity index (χ0v) is 11.8. The number of amidine groups is 1. The molecule has 0 amide bonds. The van der Waals surface area contributed by atoms with Crippen molar-refractivity contribution >= 4 is 17.2 Å². The lowest BCUT2D eigenvalue weighted by atomic mass is 10.1. The highest BCUT2D eigenvalue weighted by Gasteiger charge is 2.17. The second-order valence-electron chi connectivity index (χ2n) is 5.58. The molecule has 0 aliphatic carbocycles. The van der Waals surface area contributed by atoms with E-state index >= 15 is 0 Å². The average molecular weight is 257 g/mol. The van der Waals surface area contributed by atoms with Crippen LogP contribution < -0.4 is 10.2 Å². The number of hydrogen-bond acceptors (Lipinski definition) is 2. The van der Waals surface area contributed by atoms with Crippen LogP contribution in [0.15, 0.2) is 23.2 Å². The first-order chi connectivity index (χ1) is 9.34. The molecule has 0 saturated carbocycles. The number of benzene rings is 1. The monoisotopic (exact) mass is 257 g/mol. The third-order valence-corrected chi connectivity index (χ3v) is 4.08. The maximum atomic E-state index is 4.93. The summed E-state index contributed by atoms with van der Waals surface area (Å²) in [7, 11) is 0. The number of nitrogens with one attached hydrogen (secondary N) is 1. The maximum absolute atomic E-state index is 4.93. The molecule has 1 aromatic carbocycles. The molecule has 1 N–H and O–H groups in total. The zero-order chi connectivity index (χ0) is 13.1. The Labute approximate surface area is 115 Å². The number of anilines is 1. The molecule has 3 heteroatoms. The first-order valence-electron chi connectivity index (χ1n) is 7.50. The van der Waals surface area contributed by atoms with E-state index in [-0.39, 0.29) is 0 Å². The van der Waals surface area contributed by atoms with Gasteiger partial charge < -0.3 is 10.2 Å². The predicted molar refractivity (Wildman–Crippen MR) is 81.6 cm³/mol. The Morgan fingerprint density at radius 1 is 1.11 bits per heavy atom. The summed E-state index contributed by atoms with van der Waals surface area (Å²) in [5.74, 6) is 1.17. The van der Waals surface area contributed by atoms with Crippen molar-refractivity contribution in [3.05, 3.63) is 23.8 Å². The molecule has 3 rings (SSSR count). The summed E-state index contributed by atoms with van der Waals surface area (Å²) in [6.45, 7) is 5.59. The molecule has 0 spiro atoms. The van der Waals surface area contributed by atoms with Crippen molar-refractivity contribution in [2.45, 2.75) is 39.0 Å². The quantitative estimate of drug-likeness (QED) is 0.879. The molecular formula is C16H23N3. The van der Waals surface area contributed by atoms with Gasteiger partial charge in [0.2, 0.25) is 0 Å². The molecule has 0 bridgehead atoms. The fraction of sp³-hybridized carbons (Fsp3) is 0.562. The van der Waals surface area contributed by atoms with Crippen LogP contribution in [0.25, 0.3) is 0 Å². The summed E-state index contributed by atoms with van der Waals surface area (Å²) in [5.41, 5.74) is 3.77. The van der Waals surface area contributed by atoms with Crippen LogP contribution in [0, 0.1) is 6.92 Å². The summed E-state index contributed by atoms with van der Waals surface area (Å²) in [6, 6.07) is 6.54. The SMILES string of the molecule is Cc1cccc(N2CCCC2)c1/N=C1\CCCCN1. The van der Waals surface area contributed by atoms with Crippen LogP contribution >= 0.6 is 0 Å². The van der Waals surface area contributed by atoms with E-state index in [1.54, 1.807) is 0 Å². The standard InChI is InChI=1S/C16H23N3/c1-13-7-6-8-14(19-11-4-5-12-19)16(13)18-15-9-2-3-10-17-15/h6-8H,2-5,9-12H2,1H3,(H,17,18). The van der Waals surface area contributed by atoms with Crippen molar-refractivity contribution < 1.29 is 0 Å². The van der Waals surface area contributed by atoms with Crippen LogP contribution in [0.3, 0.4) is 0 Å². The molecule has 0 aromatic heterocycles. The Morgan fingerprint density at radius 2 is 1.95 bits per heavy atom. The van der Waals surface area contributed by atoms with Gasteiger partial charge in [0.05, 0.1) is 11.4 Å².